The summed E-state index contributed by atoms with van der Waals surface area (Å²) in [5, 5.41) is 5.86. The molecule has 0 aliphatic carbocycles. The first-order valence-corrected chi connectivity index (χ1v) is 13.2. The Bertz CT molecular complexity index is 581. The highest BCUT2D eigenvalue weighted by atomic mass is 28.4. The average Bonchev–Trinajstić information content (AvgIpc) is 2.68. The highest BCUT2D eigenvalue weighted by Gasteiger charge is 2.20. The molecular weight excluding hydrogens is 374 g/mol. The molecule has 1 amide bonds. The van der Waals surface area contributed by atoms with Crippen molar-refractivity contribution in [2.45, 2.75) is 45.8 Å². The highest BCUT2D eigenvalue weighted by molar-refractivity contribution is 6.71. The topological polar surface area (TPSA) is 80.2 Å². The molecule has 0 atom stereocenters. The second-order valence-electron chi connectivity index (χ2n) is 7.20. The smallest absolute Gasteiger partial charge is 0.222 e. The molecule has 0 saturated heterocycles. The number of anilines is 1. The van der Waals surface area contributed by atoms with Crippen LogP contribution in [0.25, 0.3) is 0 Å². The van der Waals surface area contributed by atoms with E-state index in [0.29, 0.717) is 31.9 Å². The third-order valence-corrected chi connectivity index (χ3v) is 7.12. The van der Waals surface area contributed by atoms with Crippen LogP contribution in [0.1, 0.15) is 26.7 Å². The molecule has 0 heterocycles. The van der Waals surface area contributed by atoms with Crippen molar-refractivity contribution in [2.24, 2.45) is 5.18 Å². The number of nitroso groups, excluding NO2 is 1. The van der Waals surface area contributed by atoms with Crippen molar-refractivity contribution in [3.8, 4) is 0 Å². The lowest BCUT2D eigenvalue weighted by Gasteiger charge is -2.23. The van der Waals surface area contributed by atoms with E-state index in [9.17, 15) is 9.70 Å². The molecule has 1 rings (SSSR count). The first-order valence-electron chi connectivity index (χ1n) is 10.1. The monoisotopic (exact) mass is 409 g/mol. The van der Waals surface area contributed by atoms with Crippen LogP contribution >= 0.6 is 0 Å². The van der Waals surface area contributed by atoms with Crippen molar-refractivity contribution < 1.29 is 14.0 Å². The van der Waals surface area contributed by atoms with Gasteiger partial charge in [0, 0.05) is 38.3 Å². The Balaban J connectivity index is 2.14. The molecule has 8 heteroatoms. The van der Waals surface area contributed by atoms with E-state index >= 15 is 0 Å². The molecule has 0 saturated carbocycles. The van der Waals surface area contributed by atoms with Gasteiger partial charge in [-0.3, -0.25) is 4.79 Å². The lowest BCUT2D eigenvalue weighted by atomic mass is 10.2. The van der Waals surface area contributed by atoms with E-state index in [0.717, 1.165) is 37.8 Å². The number of likely N-dealkylation sites (N-methyl/N-ethyl adjacent to an activating group) is 1. The van der Waals surface area contributed by atoms with E-state index in [2.05, 4.69) is 35.4 Å². The maximum Gasteiger partial charge on any atom is 0.222 e. The van der Waals surface area contributed by atoms with Gasteiger partial charge in [-0.25, -0.2) is 0 Å². The van der Waals surface area contributed by atoms with E-state index in [1.165, 1.54) is 0 Å². The predicted molar refractivity (Wildman–Crippen MR) is 117 cm³/mol. The molecule has 0 unspecified atom stereocenters. The third-order valence-electron chi connectivity index (χ3n) is 4.49. The normalized spacial score (nSPS) is 11.3. The zero-order valence-electron chi connectivity index (χ0n) is 17.7. The number of nitrogens with zero attached hydrogens (tertiary/aromatic N) is 2. The summed E-state index contributed by atoms with van der Waals surface area (Å²) in [5.74, 6) is 0.0279. The summed E-state index contributed by atoms with van der Waals surface area (Å²) in [6.45, 7) is 12.5. The number of nitrogens with one attached hydrogen (secondary N) is 1. The second kappa shape index (κ2) is 13.4. The number of amides is 1. The predicted octanol–water partition coefficient (Wildman–Crippen LogP) is 4.07. The summed E-state index contributed by atoms with van der Waals surface area (Å²) in [7, 11) is -1.56. The van der Waals surface area contributed by atoms with Gasteiger partial charge in [-0.2, -0.15) is 0 Å². The van der Waals surface area contributed by atoms with Crippen molar-refractivity contribution in [2.75, 3.05) is 44.4 Å². The number of carbonyl (C=O) groups is 1. The summed E-state index contributed by atoms with van der Waals surface area (Å²) >= 11 is 0. The van der Waals surface area contributed by atoms with E-state index in [1.54, 1.807) is 12.1 Å². The van der Waals surface area contributed by atoms with Gasteiger partial charge in [0.2, 0.25) is 5.91 Å². The SMILES string of the molecule is CCO[Si](C)(C)CCCNC(=O)CCOCCN(CC)c1ccc(N=O)cc1. The van der Waals surface area contributed by atoms with Crippen molar-refractivity contribution in [3.63, 3.8) is 0 Å². The molecule has 158 valence electrons. The molecule has 0 radical (unpaired) electrons. The van der Waals surface area contributed by atoms with Crippen LogP contribution in [0.4, 0.5) is 11.4 Å². The number of ether oxygens (including phenoxy) is 1. The Morgan fingerprint density at radius 3 is 2.50 bits per heavy atom. The van der Waals surface area contributed by atoms with Crippen molar-refractivity contribution >= 4 is 25.6 Å². The molecule has 0 fully saturated rings. The summed E-state index contributed by atoms with van der Waals surface area (Å²) in [5.41, 5.74) is 1.45. The Kier molecular flexibility index (Phi) is 11.6. The molecular formula is C20H35N3O4Si. The lowest BCUT2D eigenvalue weighted by molar-refractivity contribution is -0.122. The minimum Gasteiger partial charge on any atom is -0.418 e. The van der Waals surface area contributed by atoms with Gasteiger partial charge < -0.3 is 19.4 Å². The zero-order chi connectivity index (χ0) is 20.8. The van der Waals surface area contributed by atoms with Gasteiger partial charge in [0.05, 0.1) is 13.2 Å². The maximum absolute atomic E-state index is 11.9. The van der Waals surface area contributed by atoms with Crippen LogP contribution in [0.3, 0.4) is 0 Å². The molecule has 0 aromatic heterocycles. The van der Waals surface area contributed by atoms with Crippen LogP contribution in [0, 0.1) is 4.91 Å². The van der Waals surface area contributed by atoms with Crippen LogP contribution in [0.5, 0.6) is 0 Å². The van der Waals surface area contributed by atoms with Gasteiger partial charge in [-0.1, -0.05) is 0 Å². The van der Waals surface area contributed by atoms with Crippen molar-refractivity contribution in [3.05, 3.63) is 29.2 Å². The molecule has 0 spiro atoms. The first kappa shape index (κ1) is 24.3. The van der Waals surface area contributed by atoms with Gasteiger partial charge in [0.25, 0.3) is 0 Å². The third kappa shape index (κ3) is 9.96. The van der Waals surface area contributed by atoms with Gasteiger partial charge in [0.15, 0.2) is 8.32 Å². The quantitative estimate of drug-likeness (QED) is 0.268. The fourth-order valence-electron chi connectivity index (χ4n) is 2.93. The number of benzene rings is 1. The molecule has 1 N–H and O–H groups in total. The van der Waals surface area contributed by atoms with Crippen LogP contribution in [-0.4, -0.2) is 53.7 Å². The number of carbonyl (C=O) groups excluding carboxylic acids is 1. The van der Waals surface area contributed by atoms with Crippen LogP contribution in [0.15, 0.2) is 29.4 Å². The number of hydrogen-bond donors (Lipinski definition) is 1. The van der Waals surface area contributed by atoms with Gasteiger partial charge in [-0.15, -0.1) is 4.91 Å². The van der Waals surface area contributed by atoms with Gasteiger partial charge in [0.1, 0.15) is 5.69 Å². The van der Waals surface area contributed by atoms with Gasteiger partial charge >= 0.3 is 0 Å². The van der Waals surface area contributed by atoms with Crippen molar-refractivity contribution in [1.29, 1.82) is 0 Å². The molecule has 0 aliphatic rings. The summed E-state index contributed by atoms with van der Waals surface area (Å²) < 4.78 is 11.4. The second-order valence-corrected chi connectivity index (χ2v) is 11.5. The lowest BCUT2D eigenvalue weighted by Crippen LogP contribution is -2.32. The molecule has 0 bridgehead atoms. The maximum atomic E-state index is 11.9. The minimum atomic E-state index is -1.56. The molecule has 0 aliphatic heterocycles. The van der Waals surface area contributed by atoms with Crippen LogP contribution < -0.4 is 10.2 Å². The molecule has 1 aromatic carbocycles. The minimum absolute atomic E-state index is 0.0279. The Morgan fingerprint density at radius 1 is 1.18 bits per heavy atom. The van der Waals surface area contributed by atoms with E-state index in [1.807, 2.05) is 19.1 Å². The van der Waals surface area contributed by atoms with Gasteiger partial charge in [-0.05, 0) is 68.8 Å². The fourth-order valence-corrected chi connectivity index (χ4v) is 4.88. The van der Waals surface area contributed by atoms with E-state index in [4.69, 9.17) is 9.16 Å². The Labute approximate surface area is 169 Å². The molecule has 7 nitrogen and oxygen atoms in total. The molecule has 28 heavy (non-hydrogen) atoms. The number of rotatable bonds is 15. The van der Waals surface area contributed by atoms with Crippen molar-refractivity contribution in [1.82, 2.24) is 5.32 Å². The zero-order valence-corrected chi connectivity index (χ0v) is 18.7. The first-order chi connectivity index (χ1) is 13.4. The number of hydrogen-bond acceptors (Lipinski definition) is 6. The summed E-state index contributed by atoms with van der Waals surface area (Å²) in [6.07, 6.45) is 1.33. The van der Waals surface area contributed by atoms with E-state index in [-0.39, 0.29) is 5.91 Å². The van der Waals surface area contributed by atoms with Crippen LogP contribution in [-0.2, 0) is 14.0 Å². The Morgan fingerprint density at radius 2 is 1.89 bits per heavy atom. The van der Waals surface area contributed by atoms with Crippen LogP contribution in [0.2, 0.25) is 19.1 Å². The standard InChI is InChI=1S/C20H35N3O4Si/c1-5-23(19-10-8-18(22-25)9-11-19)14-16-26-15-12-20(24)21-13-7-17-28(3,4)27-6-2/h8-11H,5-7,12-17H2,1-4H3,(H,21,24). The summed E-state index contributed by atoms with van der Waals surface area (Å²) in [4.78, 5) is 24.5. The Hall–Kier alpha value is -1.77. The van der Waals surface area contributed by atoms with E-state index < -0.39 is 8.32 Å². The fraction of sp³-hybridized carbons (Fsp3) is 0.650. The largest absolute Gasteiger partial charge is 0.418 e. The average molecular weight is 410 g/mol. The summed E-state index contributed by atoms with van der Waals surface area (Å²) in [6, 6.07) is 8.21. The molecule has 1 aromatic rings. The highest BCUT2D eigenvalue weighted by Crippen LogP contribution is 2.19.